The molecule has 1 nitrogen and oxygen atoms in total. The molecule has 0 aromatic heterocycles. The summed E-state index contributed by atoms with van der Waals surface area (Å²) in [6, 6.07) is 41.6. The summed E-state index contributed by atoms with van der Waals surface area (Å²) >= 11 is 0. The molecule has 0 aliphatic rings. The Morgan fingerprint density at radius 3 is 1.28 bits per heavy atom. The maximum Gasteiger partial charge on any atom is -0.147 e. The van der Waals surface area contributed by atoms with Crippen LogP contribution in [-0.4, -0.2) is 7.11 Å². The minimum Gasteiger partial charge on any atom is -0.147 e. The quantitative estimate of drug-likeness (QED) is 0.382. The van der Waals surface area contributed by atoms with Crippen LogP contribution in [0, 0.1) is 0 Å². The van der Waals surface area contributed by atoms with Gasteiger partial charge in [0.1, 0.15) is 0 Å². The molecule has 4 aromatic rings. The van der Waals surface area contributed by atoms with Crippen molar-refractivity contribution in [3.63, 3.8) is 0 Å². The van der Waals surface area contributed by atoms with Crippen molar-refractivity contribution in [2.45, 2.75) is 6.16 Å². The molecule has 0 atom stereocenters. The van der Waals surface area contributed by atoms with Crippen molar-refractivity contribution in [1.29, 1.82) is 0 Å². The molecule has 0 aliphatic carbocycles. The van der Waals surface area contributed by atoms with Crippen LogP contribution < -0.4 is 20.7 Å². The van der Waals surface area contributed by atoms with Crippen LogP contribution in [0.5, 0.6) is 5.75 Å². The van der Waals surface area contributed by atoms with Crippen LogP contribution in [0.1, 0.15) is 5.56 Å². The van der Waals surface area contributed by atoms with Crippen molar-refractivity contribution < 1.29 is 4.74 Å². The smallest absolute Gasteiger partial charge is 0.147 e. The van der Waals surface area contributed by atoms with E-state index in [0.29, 0.717) is 0 Å². The molecule has 0 saturated heterocycles. The number of rotatable bonds is 6. The van der Waals surface area contributed by atoms with Crippen LogP contribution in [0.15, 0.2) is 115 Å². The van der Waals surface area contributed by atoms with Crippen LogP contribution in [-0.2, 0) is 6.16 Å². The van der Waals surface area contributed by atoms with Gasteiger partial charge >= 0.3 is 168 Å². The van der Waals surface area contributed by atoms with Gasteiger partial charge in [-0.25, -0.2) is 0 Å². The summed E-state index contributed by atoms with van der Waals surface area (Å²) in [7, 11) is -0.519. The van der Waals surface area contributed by atoms with Crippen molar-refractivity contribution in [2.24, 2.45) is 0 Å². The van der Waals surface area contributed by atoms with Crippen molar-refractivity contribution >= 4 is 35.6 Å². The molecule has 0 saturated carbocycles. The molecule has 0 heterocycles. The summed E-state index contributed by atoms with van der Waals surface area (Å²) in [5.41, 5.74) is 1.34. The number of methoxy groups -OCH3 is 1. The van der Waals surface area contributed by atoms with Crippen LogP contribution >= 0.6 is 19.7 Å². The van der Waals surface area contributed by atoms with E-state index in [2.05, 4.69) is 115 Å². The Bertz CT molecular complexity index is 906. The number of ether oxygens (including phenoxy) is 1. The Kier molecular flexibility index (Phi) is 7.09. The summed E-state index contributed by atoms with van der Waals surface area (Å²) < 4.78 is 5.36. The third-order valence-electron chi connectivity index (χ3n) is 5.43. The maximum atomic E-state index is 5.36. The molecule has 0 N–H and O–H groups in total. The molecule has 0 radical (unpaired) electrons. The first kappa shape index (κ1) is 21.1. The van der Waals surface area contributed by atoms with Crippen molar-refractivity contribution in [3.05, 3.63) is 121 Å². The molecule has 0 bridgehead atoms. The van der Waals surface area contributed by atoms with E-state index in [-0.39, 0.29) is 12.4 Å². The number of hydrogen-bond donors (Lipinski definition) is 0. The number of halogens is 1. The predicted octanol–water partition coefficient (Wildman–Crippen LogP) is 5.34. The van der Waals surface area contributed by atoms with E-state index in [1.807, 2.05) is 0 Å². The minimum absolute atomic E-state index is 0. The average molecular weight is 421 g/mol. The van der Waals surface area contributed by atoms with E-state index in [0.717, 1.165) is 11.9 Å². The van der Waals surface area contributed by atoms with Crippen molar-refractivity contribution in [3.8, 4) is 5.75 Å². The van der Waals surface area contributed by atoms with Gasteiger partial charge in [0.25, 0.3) is 0 Å². The van der Waals surface area contributed by atoms with Crippen LogP contribution in [0.3, 0.4) is 0 Å². The zero-order valence-corrected chi connectivity index (χ0v) is 18.3. The summed E-state index contributed by atoms with van der Waals surface area (Å²) in [6.45, 7) is 0. The van der Waals surface area contributed by atoms with E-state index < -0.39 is 7.26 Å². The molecule has 29 heavy (non-hydrogen) atoms. The Morgan fingerprint density at radius 2 is 0.931 bits per heavy atom. The number of benzene rings is 4. The summed E-state index contributed by atoms with van der Waals surface area (Å²) in [5.74, 6) is 0.898. The van der Waals surface area contributed by atoms with Crippen molar-refractivity contribution in [2.75, 3.05) is 7.11 Å². The van der Waals surface area contributed by atoms with Gasteiger partial charge < -0.3 is 0 Å². The van der Waals surface area contributed by atoms with Gasteiger partial charge in [0.2, 0.25) is 0 Å². The van der Waals surface area contributed by atoms with Gasteiger partial charge in [-0.3, -0.25) is 0 Å². The van der Waals surface area contributed by atoms with Gasteiger partial charge in [0, 0.05) is 0 Å². The largest absolute Gasteiger partial charge is 0.147 e. The van der Waals surface area contributed by atoms with Crippen LogP contribution in [0.2, 0.25) is 0 Å². The molecule has 0 spiro atoms. The van der Waals surface area contributed by atoms with Crippen molar-refractivity contribution in [1.82, 2.24) is 0 Å². The summed E-state index contributed by atoms with van der Waals surface area (Å²) in [5, 5.41) is 4.30. The second-order valence-electron chi connectivity index (χ2n) is 7.03. The van der Waals surface area contributed by atoms with Gasteiger partial charge in [0.15, 0.2) is 0 Å². The molecular formula is C26H26ClOP. The third kappa shape index (κ3) is 4.37. The normalized spacial score (nSPS) is 11.3. The fraction of sp³-hybridized carbons (Fsp3) is 0.0769. The molecule has 0 amide bonds. The average Bonchev–Trinajstić information content (AvgIpc) is 2.80. The van der Waals surface area contributed by atoms with E-state index in [1.165, 1.54) is 21.5 Å². The molecule has 4 rings (SSSR count). The molecule has 3 heteroatoms. The number of hydrogen-bond acceptors (Lipinski definition) is 1. The Morgan fingerprint density at radius 1 is 0.552 bits per heavy atom. The van der Waals surface area contributed by atoms with Gasteiger partial charge in [-0.2, -0.15) is 0 Å². The maximum absolute atomic E-state index is 5.36. The zero-order chi connectivity index (χ0) is 19.2. The Labute approximate surface area is 180 Å². The topological polar surface area (TPSA) is 9.23 Å². The summed E-state index contributed by atoms with van der Waals surface area (Å²) in [6.07, 6.45) is 1.01. The van der Waals surface area contributed by atoms with E-state index in [9.17, 15) is 0 Å². The first-order chi connectivity index (χ1) is 13.8. The monoisotopic (exact) mass is 420 g/mol. The van der Waals surface area contributed by atoms with Gasteiger partial charge in [-0.1, -0.05) is 0 Å². The predicted molar refractivity (Wildman–Crippen MR) is 130 cm³/mol. The van der Waals surface area contributed by atoms with Gasteiger partial charge in [-0.05, 0) is 0 Å². The standard InChI is InChI=1S/C26H25OP.ClH/c1-27-23-19-17-22(18-20-23)21-28(24-11-5-2-6-12-24,25-13-7-3-8-14-25)26-15-9-4-10-16-26;/h2-20,28H,21H2,1H3;1H. The van der Waals surface area contributed by atoms with Crippen LogP contribution in [0.4, 0.5) is 0 Å². The SMILES string of the molecule is COc1ccc(C[PH](c2ccccc2)(c2ccccc2)c2ccccc2)cc1.Cl. The Hall–Kier alpha value is -2.60. The molecule has 0 unspecified atom stereocenters. The van der Waals surface area contributed by atoms with E-state index in [4.69, 9.17) is 4.74 Å². The molecular weight excluding hydrogens is 395 g/mol. The fourth-order valence-corrected chi connectivity index (χ4v) is 8.77. The molecule has 0 fully saturated rings. The molecule has 0 aliphatic heterocycles. The second-order valence-corrected chi connectivity index (χ2v) is 10.9. The van der Waals surface area contributed by atoms with Gasteiger partial charge in [-0.15, -0.1) is 12.4 Å². The second kappa shape index (κ2) is 9.74. The minimum atomic E-state index is -2.23. The Balaban J connectivity index is 0.00000240. The summed E-state index contributed by atoms with van der Waals surface area (Å²) in [4.78, 5) is 0. The third-order valence-corrected chi connectivity index (χ3v) is 10.3. The van der Waals surface area contributed by atoms with E-state index >= 15 is 0 Å². The first-order valence-corrected chi connectivity index (χ1v) is 11.8. The fourth-order valence-electron chi connectivity index (χ4n) is 4.02. The molecule has 4 aromatic carbocycles. The first-order valence-electron chi connectivity index (χ1n) is 9.62. The molecule has 148 valence electrons. The van der Waals surface area contributed by atoms with Gasteiger partial charge in [0.05, 0.1) is 0 Å². The van der Waals surface area contributed by atoms with E-state index in [1.54, 1.807) is 7.11 Å². The van der Waals surface area contributed by atoms with Crippen LogP contribution in [0.25, 0.3) is 0 Å². The zero-order valence-electron chi connectivity index (χ0n) is 16.5.